The molecule has 2 fully saturated rings. The van der Waals surface area contributed by atoms with Crippen LogP contribution in [0.1, 0.15) is 34.1 Å². The summed E-state index contributed by atoms with van der Waals surface area (Å²) < 4.78 is 23.5. The number of methoxy groups -OCH3 is 1. The quantitative estimate of drug-likeness (QED) is 0.453. The van der Waals surface area contributed by atoms with Crippen LogP contribution in [0.15, 0.2) is 0 Å². The van der Waals surface area contributed by atoms with Crippen molar-refractivity contribution in [3.63, 3.8) is 0 Å². The summed E-state index contributed by atoms with van der Waals surface area (Å²) >= 11 is 0. The average molecular weight is 316 g/mol. The van der Waals surface area contributed by atoms with E-state index in [1.165, 1.54) is 0 Å². The van der Waals surface area contributed by atoms with Gasteiger partial charge in [-0.05, 0) is 25.1 Å². The van der Waals surface area contributed by atoms with Gasteiger partial charge in [-0.1, -0.05) is 20.8 Å². The molecule has 0 aromatic heterocycles. The van der Waals surface area contributed by atoms with Crippen molar-refractivity contribution in [3.05, 3.63) is 0 Å². The molecule has 2 aliphatic rings. The van der Waals surface area contributed by atoms with Crippen LogP contribution < -0.4 is 0 Å². The van der Waals surface area contributed by atoms with Crippen molar-refractivity contribution < 1.29 is 23.4 Å². The van der Waals surface area contributed by atoms with Gasteiger partial charge in [-0.25, -0.2) is 0 Å². The summed E-state index contributed by atoms with van der Waals surface area (Å²) in [5.41, 5.74) is -0.440. The molecule has 1 spiro atoms. The lowest BCUT2D eigenvalue weighted by atomic mass is 9.88. The molecule has 2 heterocycles. The second-order valence-electron chi connectivity index (χ2n) is 7.89. The number of hydrogen-bond acceptors (Lipinski definition) is 5. The van der Waals surface area contributed by atoms with Crippen molar-refractivity contribution in [2.24, 2.45) is 0 Å². The van der Waals surface area contributed by atoms with E-state index in [1.807, 2.05) is 6.92 Å². The van der Waals surface area contributed by atoms with E-state index in [0.717, 1.165) is 6.29 Å². The number of epoxide rings is 1. The smallest absolute Gasteiger partial charge is 0.192 e. The average Bonchev–Trinajstić information content (AvgIpc) is 3.11. The Bertz CT molecular complexity index is 413. The summed E-state index contributed by atoms with van der Waals surface area (Å²) in [5, 5.41) is 0.0680. The minimum Gasteiger partial charge on any atom is -0.408 e. The lowest BCUT2D eigenvalue weighted by molar-refractivity contribution is -0.283. The Kier molecular flexibility index (Phi) is 4.17. The zero-order chi connectivity index (χ0) is 16.1. The van der Waals surface area contributed by atoms with Crippen LogP contribution in [0.3, 0.4) is 0 Å². The molecular formula is C15H28O5Si. The van der Waals surface area contributed by atoms with Gasteiger partial charge in [0.05, 0.1) is 6.61 Å². The first-order valence-electron chi connectivity index (χ1n) is 7.49. The lowest BCUT2D eigenvalue weighted by Crippen LogP contribution is -2.61. The Labute approximate surface area is 128 Å². The first kappa shape index (κ1) is 17.1. The van der Waals surface area contributed by atoms with E-state index in [2.05, 4.69) is 33.9 Å². The van der Waals surface area contributed by atoms with Gasteiger partial charge in [-0.2, -0.15) is 0 Å². The minimum absolute atomic E-state index is 0.0680. The summed E-state index contributed by atoms with van der Waals surface area (Å²) in [6.45, 7) is 13.3. The molecule has 0 unspecified atom stereocenters. The lowest BCUT2D eigenvalue weighted by Gasteiger charge is -2.48. The van der Waals surface area contributed by atoms with Gasteiger partial charge in [0.1, 0.15) is 17.8 Å². The van der Waals surface area contributed by atoms with Gasteiger partial charge in [0.2, 0.25) is 0 Å². The Morgan fingerprint density at radius 1 is 1.33 bits per heavy atom. The van der Waals surface area contributed by atoms with Gasteiger partial charge in [0.15, 0.2) is 20.4 Å². The number of aldehydes is 1. The fraction of sp³-hybridized carbons (Fsp3) is 0.933. The Morgan fingerprint density at radius 2 is 1.90 bits per heavy atom. The zero-order valence-corrected chi connectivity index (χ0v) is 15.2. The van der Waals surface area contributed by atoms with E-state index in [1.54, 1.807) is 7.11 Å². The highest BCUT2D eigenvalue weighted by molar-refractivity contribution is 6.74. The maximum Gasteiger partial charge on any atom is 0.192 e. The van der Waals surface area contributed by atoms with Gasteiger partial charge in [-0.3, -0.25) is 0 Å². The van der Waals surface area contributed by atoms with Crippen molar-refractivity contribution in [3.8, 4) is 0 Å². The van der Waals surface area contributed by atoms with Crippen molar-refractivity contribution in [1.82, 2.24) is 0 Å². The summed E-state index contributed by atoms with van der Waals surface area (Å²) in [5.74, 6) is -0.796. The third-order valence-electron chi connectivity index (χ3n) is 5.13. The monoisotopic (exact) mass is 316 g/mol. The summed E-state index contributed by atoms with van der Waals surface area (Å²) in [6.07, 6.45) is 0.400. The van der Waals surface area contributed by atoms with Crippen LogP contribution in [0.4, 0.5) is 0 Å². The van der Waals surface area contributed by atoms with Crippen LogP contribution in [-0.4, -0.2) is 51.9 Å². The zero-order valence-electron chi connectivity index (χ0n) is 14.2. The van der Waals surface area contributed by atoms with Gasteiger partial charge in [-0.15, -0.1) is 0 Å². The van der Waals surface area contributed by atoms with Crippen LogP contribution in [-0.2, 0) is 23.4 Å². The Balaban J connectivity index is 2.25. The topological polar surface area (TPSA) is 57.3 Å². The second-order valence-corrected chi connectivity index (χ2v) is 12.6. The normalized spacial score (nSPS) is 40.3. The number of carbonyl (C=O) groups is 1. The highest BCUT2D eigenvalue weighted by atomic mass is 28.4. The van der Waals surface area contributed by atoms with Crippen molar-refractivity contribution in [1.29, 1.82) is 0 Å². The summed E-state index contributed by atoms with van der Waals surface area (Å²) in [4.78, 5) is 11.5. The highest BCUT2D eigenvalue weighted by Crippen LogP contribution is 2.50. The molecule has 5 nitrogen and oxygen atoms in total. The molecule has 2 aliphatic heterocycles. The van der Waals surface area contributed by atoms with Crippen LogP contribution in [0, 0.1) is 0 Å². The van der Waals surface area contributed by atoms with Crippen LogP contribution >= 0.6 is 0 Å². The SMILES string of the molecule is CO[C@]1(C)C[C@@]2(CO2)[C@H](O[Si](C)(C)C(C)(C)C)[C@@H](C=O)O1. The molecule has 0 bridgehead atoms. The molecule has 2 rings (SSSR count). The predicted molar refractivity (Wildman–Crippen MR) is 81.7 cm³/mol. The number of rotatable bonds is 4. The molecule has 0 aliphatic carbocycles. The molecule has 0 saturated carbocycles. The number of ether oxygens (including phenoxy) is 3. The van der Waals surface area contributed by atoms with Crippen LogP contribution in [0.5, 0.6) is 0 Å². The molecular weight excluding hydrogens is 288 g/mol. The Hall–Kier alpha value is -0.273. The van der Waals surface area contributed by atoms with Gasteiger partial charge in [0.25, 0.3) is 0 Å². The fourth-order valence-electron chi connectivity index (χ4n) is 2.58. The van der Waals surface area contributed by atoms with E-state index in [4.69, 9.17) is 18.6 Å². The molecule has 2 saturated heterocycles. The second kappa shape index (κ2) is 5.13. The molecule has 21 heavy (non-hydrogen) atoms. The largest absolute Gasteiger partial charge is 0.408 e. The summed E-state index contributed by atoms with van der Waals surface area (Å²) in [6, 6.07) is 0. The van der Waals surface area contributed by atoms with Crippen molar-refractivity contribution in [2.45, 2.75) is 75.8 Å². The van der Waals surface area contributed by atoms with Crippen molar-refractivity contribution >= 4 is 14.6 Å². The molecule has 0 N–H and O–H groups in total. The first-order valence-corrected chi connectivity index (χ1v) is 10.4. The molecule has 6 heteroatoms. The van der Waals surface area contributed by atoms with Gasteiger partial charge in [0, 0.05) is 13.5 Å². The highest BCUT2D eigenvalue weighted by Gasteiger charge is 2.64. The van der Waals surface area contributed by atoms with E-state index in [0.29, 0.717) is 13.0 Å². The Morgan fingerprint density at radius 3 is 2.29 bits per heavy atom. The van der Waals surface area contributed by atoms with Crippen LogP contribution in [0.25, 0.3) is 0 Å². The number of carbonyl (C=O) groups excluding carboxylic acids is 1. The molecule has 0 aromatic rings. The van der Waals surface area contributed by atoms with Gasteiger partial charge >= 0.3 is 0 Å². The van der Waals surface area contributed by atoms with E-state index < -0.39 is 25.8 Å². The first-order chi connectivity index (χ1) is 9.49. The van der Waals surface area contributed by atoms with Crippen molar-refractivity contribution in [2.75, 3.05) is 13.7 Å². The van der Waals surface area contributed by atoms with E-state index >= 15 is 0 Å². The minimum atomic E-state index is -2.02. The van der Waals surface area contributed by atoms with Crippen LogP contribution in [0.2, 0.25) is 18.1 Å². The number of hydrogen-bond donors (Lipinski definition) is 0. The third kappa shape index (κ3) is 3.10. The molecule has 0 amide bonds. The standard InChI is InChI=1S/C15H28O5Si/c1-13(2,3)21(6,7)20-12-11(8-16)19-14(4,17-5)9-15(12)10-18-15/h8,11-12H,9-10H2,1-7H3/t11-,12-,14+,15-/m1/s1. The predicted octanol–water partition coefficient (Wildman–Crippen LogP) is 2.50. The van der Waals surface area contributed by atoms with E-state index in [-0.39, 0.29) is 11.1 Å². The fourth-order valence-corrected chi connectivity index (χ4v) is 3.92. The molecule has 0 aromatic carbocycles. The van der Waals surface area contributed by atoms with Gasteiger partial charge < -0.3 is 23.4 Å². The molecule has 122 valence electrons. The molecule has 0 radical (unpaired) electrons. The summed E-state index contributed by atoms with van der Waals surface area (Å²) in [7, 11) is -0.425. The van der Waals surface area contributed by atoms with E-state index in [9.17, 15) is 4.79 Å². The maximum atomic E-state index is 11.5. The maximum absolute atomic E-state index is 11.5. The molecule has 4 atom stereocenters. The third-order valence-corrected chi connectivity index (χ3v) is 9.59.